The Hall–Kier alpha value is -0.0600. The van der Waals surface area contributed by atoms with Gasteiger partial charge in [0.05, 0.1) is 10.7 Å². The Kier molecular flexibility index (Phi) is 5.32. The summed E-state index contributed by atoms with van der Waals surface area (Å²) in [5.74, 6) is 3.47. The minimum atomic E-state index is 0.172. The van der Waals surface area contributed by atoms with Crippen LogP contribution in [0, 0.1) is 5.92 Å². The Morgan fingerprint density at radius 2 is 2.26 bits per heavy atom. The standard InChI is InChI=1S/C15H26N2S2/c1-5-16-12(11-6-7-18-9-11)8-14-17-13(10-19-14)15(2,3)4/h10-12,16H,5-9H2,1-4H3. The van der Waals surface area contributed by atoms with Crippen molar-refractivity contribution in [2.24, 2.45) is 5.92 Å². The van der Waals surface area contributed by atoms with Crippen LogP contribution in [0.15, 0.2) is 5.38 Å². The van der Waals surface area contributed by atoms with Crippen LogP contribution in [0.5, 0.6) is 0 Å². The van der Waals surface area contributed by atoms with Gasteiger partial charge in [0, 0.05) is 23.3 Å². The highest BCUT2D eigenvalue weighted by atomic mass is 32.2. The van der Waals surface area contributed by atoms with Gasteiger partial charge in [0.1, 0.15) is 0 Å². The summed E-state index contributed by atoms with van der Waals surface area (Å²) in [4.78, 5) is 4.85. The van der Waals surface area contributed by atoms with E-state index in [0.29, 0.717) is 6.04 Å². The lowest BCUT2D eigenvalue weighted by atomic mass is 9.93. The fourth-order valence-corrected chi connectivity index (χ4v) is 4.89. The molecule has 0 amide bonds. The summed E-state index contributed by atoms with van der Waals surface area (Å²) in [6, 6.07) is 0.610. The highest BCUT2D eigenvalue weighted by Crippen LogP contribution is 2.29. The molecule has 0 aromatic carbocycles. The molecule has 19 heavy (non-hydrogen) atoms. The van der Waals surface area contributed by atoms with Crippen molar-refractivity contribution in [2.75, 3.05) is 18.1 Å². The molecule has 2 unspecified atom stereocenters. The van der Waals surface area contributed by atoms with Crippen LogP contribution in [0.3, 0.4) is 0 Å². The second-order valence-corrected chi connectivity index (χ2v) is 8.46. The molecule has 1 aromatic heterocycles. The Morgan fingerprint density at radius 3 is 2.79 bits per heavy atom. The number of likely N-dealkylation sites (N-methyl/N-ethyl adjacent to an activating group) is 1. The van der Waals surface area contributed by atoms with Crippen molar-refractivity contribution < 1.29 is 0 Å². The Bertz CT molecular complexity index is 389. The molecule has 2 nitrogen and oxygen atoms in total. The summed E-state index contributed by atoms with van der Waals surface area (Å²) in [6.07, 6.45) is 2.46. The number of nitrogens with one attached hydrogen (secondary N) is 1. The summed E-state index contributed by atoms with van der Waals surface area (Å²) in [6.45, 7) is 9.98. The maximum absolute atomic E-state index is 4.85. The SMILES string of the molecule is CCNC(Cc1nc(C(C)(C)C)cs1)C1CCSC1. The molecule has 1 aliphatic rings. The summed E-state index contributed by atoms with van der Waals surface area (Å²) in [7, 11) is 0. The lowest BCUT2D eigenvalue weighted by Gasteiger charge is -2.23. The van der Waals surface area contributed by atoms with Crippen molar-refractivity contribution in [1.82, 2.24) is 10.3 Å². The van der Waals surface area contributed by atoms with Crippen LogP contribution in [-0.4, -0.2) is 29.1 Å². The summed E-state index contributed by atoms with van der Waals surface area (Å²) in [5, 5.41) is 7.21. The molecule has 2 heterocycles. The number of aromatic nitrogens is 1. The smallest absolute Gasteiger partial charge is 0.0944 e. The predicted octanol–water partition coefficient (Wildman–Crippen LogP) is 3.71. The molecule has 0 saturated carbocycles. The van der Waals surface area contributed by atoms with Crippen molar-refractivity contribution in [3.63, 3.8) is 0 Å². The maximum Gasteiger partial charge on any atom is 0.0944 e. The fourth-order valence-electron chi connectivity index (χ4n) is 2.48. The molecule has 0 spiro atoms. The van der Waals surface area contributed by atoms with Crippen molar-refractivity contribution >= 4 is 23.1 Å². The van der Waals surface area contributed by atoms with Crippen LogP contribution in [0.2, 0.25) is 0 Å². The molecule has 2 rings (SSSR count). The van der Waals surface area contributed by atoms with Crippen molar-refractivity contribution in [3.05, 3.63) is 16.1 Å². The van der Waals surface area contributed by atoms with Crippen molar-refractivity contribution in [3.8, 4) is 0 Å². The molecule has 108 valence electrons. The lowest BCUT2D eigenvalue weighted by Crippen LogP contribution is -2.38. The van der Waals surface area contributed by atoms with E-state index in [2.05, 4.69) is 50.2 Å². The number of thiazole rings is 1. The van der Waals surface area contributed by atoms with E-state index in [9.17, 15) is 0 Å². The van der Waals surface area contributed by atoms with Gasteiger partial charge in [-0.1, -0.05) is 27.7 Å². The highest BCUT2D eigenvalue weighted by molar-refractivity contribution is 7.99. The van der Waals surface area contributed by atoms with E-state index in [1.54, 1.807) is 0 Å². The van der Waals surface area contributed by atoms with Gasteiger partial charge in [-0.2, -0.15) is 11.8 Å². The third-order valence-electron chi connectivity index (χ3n) is 3.71. The van der Waals surface area contributed by atoms with Crippen molar-refractivity contribution in [1.29, 1.82) is 0 Å². The third-order valence-corrected chi connectivity index (χ3v) is 5.77. The summed E-state index contributed by atoms with van der Waals surface area (Å²) < 4.78 is 0. The predicted molar refractivity (Wildman–Crippen MR) is 87.4 cm³/mol. The number of thioether (sulfide) groups is 1. The topological polar surface area (TPSA) is 24.9 Å². The minimum Gasteiger partial charge on any atom is -0.314 e. The van der Waals surface area contributed by atoms with E-state index in [1.165, 1.54) is 28.6 Å². The quantitative estimate of drug-likeness (QED) is 0.897. The first-order valence-corrected chi connectivity index (χ1v) is 9.30. The van der Waals surface area contributed by atoms with Crippen LogP contribution in [-0.2, 0) is 11.8 Å². The molecular formula is C15H26N2S2. The Labute approximate surface area is 125 Å². The van der Waals surface area contributed by atoms with Crippen LogP contribution >= 0.6 is 23.1 Å². The zero-order chi connectivity index (χ0) is 13.9. The molecular weight excluding hydrogens is 272 g/mol. The highest BCUT2D eigenvalue weighted by Gasteiger charge is 2.26. The number of hydrogen-bond acceptors (Lipinski definition) is 4. The lowest BCUT2D eigenvalue weighted by molar-refractivity contribution is 0.386. The minimum absolute atomic E-state index is 0.172. The zero-order valence-corrected chi connectivity index (χ0v) is 14.2. The first-order chi connectivity index (χ1) is 9.00. The van der Waals surface area contributed by atoms with Crippen LogP contribution in [0.4, 0.5) is 0 Å². The molecule has 1 fully saturated rings. The second kappa shape index (κ2) is 6.59. The molecule has 4 heteroatoms. The van der Waals surface area contributed by atoms with Crippen LogP contribution in [0.25, 0.3) is 0 Å². The third kappa shape index (κ3) is 4.20. The average molecular weight is 299 g/mol. The van der Waals surface area contributed by atoms with Gasteiger partial charge in [-0.3, -0.25) is 0 Å². The van der Waals surface area contributed by atoms with Gasteiger partial charge in [0.25, 0.3) is 0 Å². The Balaban J connectivity index is 2.02. The monoisotopic (exact) mass is 298 g/mol. The van der Waals surface area contributed by atoms with Gasteiger partial charge in [0.2, 0.25) is 0 Å². The number of rotatable bonds is 5. The van der Waals surface area contributed by atoms with E-state index >= 15 is 0 Å². The molecule has 1 N–H and O–H groups in total. The normalized spacial score (nSPS) is 21.8. The largest absolute Gasteiger partial charge is 0.314 e. The van der Waals surface area contributed by atoms with E-state index in [1.807, 2.05) is 11.3 Å². The summed E-state index contributed by atoms with van der Waals surface area (Å²) in [5.41, 5.74) is 1.41. The second-order valence-electron chi connectivity index (χ2n) is 6.37. The molecule has 2 atom stereocenters. The van der Waals surface area contributed by atoms with Crippen LogP contribution < -0.4 is 5.32 Å². The van der Waals surface area contributed by atoms with E-state index in [-0.39, 0.29) is 5.41 Å². The molecule has 0 aliphatic carbocycles. The molecule has 0 bridgehead atoms. The van der Waals surface area contributed by atoms with Crippen LogP contribution in [0.1, 0.15) is 44.8 Å². The van der Waals surface area contributed by atoms with E-state index in [4.69, 9.17) is 4.98 Å². The molecule has 0 radical (unpaired) electrons. The van der Waals surface area contributed by atoms with Gasteiger partial charge in [-0.05, 0) is 30.4 Å². The molecule has 1 saturated heterocycles. The van der Waals surface area contributed by atoms with Crippen molar-refractivity contribution in [2.45, 2.75) is 52.0 Å². The van der Waals surface area contributed by atoms with Gasteiger partial charge in [-0.15, -0.1) is 11.3 Å². The fraction of sp³-hybridized carbons (Fsp3) is 0.800. The van der Waals surface area contributed by atoms with Gasteiger partial charge >= 0.3 is 0 Å². The van der Waals surface area contributed by atoms with Gasteiger partial charge < -0.3 is 5.32 Å². The first kappa shape index (κ1) is 15.3. The van der Waals surface area contributed by atoms with Gasteiger partial charge in [0.15, 0.2) is 0 Å². The van der Waals surface area contributed by atoms with E-state index in [0.717, 1.165) is 18.9 Å². The molecule has 1 aromatic rings. The Morgan fingerprint density at radius 1 is 1.47 bits per heavy atom. The van der Waals surface area contributed by atoms with Gasteiger partial charge in [-0.25, -0.2) is 4.98 Å². The van der Waals surface area contributed by atoms with E-state index < -0.39 is 0 Å². The number of hydrogen-bond donors (Lipinski definition) is 1. The number of nitrogens with zero attached hydrogens (tertiary/aromatic N) is 1. The summed E-state index contributed by atoms with van der Waals surface area (Å²) >= 11 is 3.93. The first-order valence-electron chi connectivity index (χ1n) is 7.26. The maximum atomic E-state index is 4.85. The average Bonchev–Trinajstić information content (AvgIpc) is 2.98. The zero-order valence-electron chi connectivity index (χ0n) is 12.5. The molecule has 1 aliphatic heterocycles.